The molecule has 3 aromatic rings. The molecule has 0 saturated heterocycles. The van der Waals surface area contributed by atoms with E-state index in [0.29, 0.717) is 16.6 Å². The van der Waals surface area contributed by atoms with Crippen LogP contribution in [0.2, 0.25) is 0 Å². The molecule has 0 amide bonds. The summed E-state index contributed by atoms with van der Waals surface area (Å²) >= 11 is 1.21. The lowest BCUT2D eigenvalue weighted by Gasteiger charge is -1.99. The van der Waals surface area contributed by atoms with E-state index >= 15 is 0 Å². The number of nitrogens with two attached hydrogens (primary N) is 1. The molecule has 2 N–H and O–H groups in total. The second-order valence-corrected chi connectivity index (χ2v) is 5.61. The van der Waals surface area contributed by atoms with Crippen LogP contribution < -0.4 is 5.73 Å². The third-order valence-electron chi connectivity index (χ3n) is 3.02. The summed E-state index contributed by atoms with van der Waals surface area (Å²) < 4.78 is 5.13. The predicted octanol–water partition coefficient (Wildman–Crippen LogP) is 2.18. The van der Waals surface area contributed by atoms with Crippen LogP contribution in [0.15, 0.2) is 40.1 Å². The molecule has 0 bridgehead atoms. The Labute approximate surface area is 144 Å². The molecule has 0 aliphatic carbocycles. The van der Waals surface area contributed by atoms with Crippen molar-refractivity contribution < 1.29 is 9.45 Å². The number of non-ortho nitro benzene ring substituents is 1. The Morgan fingerprint density at radius 1 is 1.40 bits per heavy atom. The molecular weight excluding hydrogens is 346 g/mol. The molecule has 0 saturated carbocycles. The highest BCUT2D eigenvalue weighted by atomic mass is 32.2. The van der Waals surface area contributed by atoms with Gasteiger partial charge in [0.1, 0.15) is 17.5 Å². The van der Waals surface area contributed by atoms with Gasteiger partial charge in [-0.3, -0.25) is 10.1 Å². The molecule has 2 aromatic heterocycles. The third kappa shape index (κ3) is 3.70. The van der Waals surface area contributed by atoms with Gasteiger partial charge in [-0.1, -0.05) is 29.1 Å². The minimum Gasteiger partial charge on any atom is -0.382 e. The van der Waals surface area contributed by atoms with Gasteiger partial charge < -0.3 is 10.3 Å². The van der Waals surface area contributed by atoms with E-state index in [4.69, 9.17) is 15.5 Å². The summed E-state index contributed by atoms with van der Waals surface area (Å²) in [7, 11) is 0. The third-order valence-corrected chi connectivity index (χ3v) is 3.87. The molecule has 0 aliphatic rings. The number of nitrogen functional groups attached to an aromatic ring is 1. The van der Waals surface area contributed by atoms with Crippen molar-refractivity contribution in [3.63, 3.8) is 0 Å². The first-order valence-corrected chi connectivity index (χ1v) is 7.78. The van der Waals surface area contributed by atoms with E-state index in [1.54, 1.807) is 12.1 Å². The highest BCUT2D eigenvalue weighted by Gasteiger charge is 2.13. The Morgan fingerprint density at radius 3 is 2.96 bits per heavy atom. The Bertz CT molecular complexity index is 983. The number of hydrogen-bond donors (Lipinski definition) is 1. The highest BCUT2D eigenvalue weighted by Crippen LogP contribution is 2.24. The van der Waals surface area contributed by atoms with E-state index in [9.17, 15) is 10.1 Å². The fourth-order valence-corrected chi connectivity index (χ4v) is 2.51. The van der Waals surface area contributed by atoms with Gasteiger partial charge in [0.15, 0.2) is 5.16 Å². The fourth-order valence-electron chi connectivity index (χ4n) is 1.85. The van der Waals surface area contributed by atoms with E-state index in [1.165, 1.54) is 30.1 Å². The minimum absolute atomic E-state index is 0.0558. The first-order valence-electron chi connectivity index (χ1n) is 6.79. The molecule has 10 nitrogen and oxygen atoms in total. The van der Waals surface area contributed by atoms with Crippen LogP contribution >= 0.6 is 11.8 Å². The van der Waals surface area contributed by atoms with Gasteiger partial charge in [0, 0.05) is 17.7 Å². The molecule has 0 spiro atoms. The van der Waals surface area contributed by atoms with Crippen LogP contribution in [0.1, 0.15) is 11.5 Å². The molecule has 25 heavy (non-hydrogen) atoms. The number of nitrogens with zero attached hydrogens (tertiary/aromatic N) is 6. The number of nitriles is 1. The zero-order chi connectivity index (χ0) is 17.8. The number of nitro benzene ring substituents is 1. The van der Waals surface area contributed by atoms with Gasteiger partial charge in [0.25, 0.3) is 5.69 Å². The number of rotatable bonds is 5. The first-order chi connectivity index (χ1) is 12.1. The summed E-state index contributed by atoms with van der Waals surface area (Å²) in [5.41, 5.74) is 6.25. The lowest BCUT2D eigenvalue weighted by Crippen LogP contribution is -1.98. The van der Waals surface area contributed by atoms with Crippen molar-refractivity contribution in [2.45, 2.75) is 10.9 Å². The Kier molecular flexibility index (Phi) is 4.53. The quantitative estimate of drug-likeness (QED) is 0.311. The van der Waals surface area contributed by atoms with Crippen LogP contribution in [-0.4, -0.2) is 25.0 Å². The van der Waals surface area contributed by atoms with Crippen molar-refractivity contribution in [2.75, 3.05) is 5.73 Å². The van der Waals surface area contributed by atoms with Crippen LogP contribution in [0.25, 0.3) is 11.4 Å². The molecule has 0 atom stereocenters. The van der Waals surface area contributed by atoms with Crippen molar-refractivity contribution in [1.29, 1.82) is 5.26 Å². The van der Waals surface area contributed by atoms with Gasteiger partial charge in [-0.15, -0.1) is 0 Å². The lowest BCUT2D eigenvalue weighted by molar-refractivity contribution is -0.384. The van der Waals surface area contributed by atoms with E-state index in [2.05, 4.69) is 20.1 Å². The van der Waals surface area contributed by atoms with Gasteiger partial charge in [-0.05, 0) is 0 Å². The van der Waals surface area contributed by atoms with Crippen LogP contribution in [0.3, 0.4) is 0 Å². The summed E-state index contributed by atoms with van der Waals surface area (Å²) in [6, 6.07) is 7.83. The maximum absolute atomic E-state index is 10.8. The van der Waals surface area contributed by atoms with Gasteiger partial charge in [-0.25, -0.2) is 9.97 Å². The largest absolute Gasteiger partial charge is 0.382 e. The van der Waals surface area contributed by atoms with Crippen molar-refractivity contribution in [1.82, 2.24) is 20.1 Å². The summed E-state index contributed by atoms with van der Waals surface area (Å²) in [6.07, 6.45) is 1.34. The molecule has 0 radical (unpaired) electrons. The number of aromatic nitrogens is 4. The van der Waals surface area contributed by atoms with Gasteiger partial charge in [-0.2, -0.15) is 10.2 Å². The standard InChI is InChI=1S/C14H9N7O3S/c15-5-9-6-17-14(19-12(9)16)25-7-11-18-13(20-24-11)8-2-1-3-10(4-8)21(22)23/h1-4,6H,7H2,(H2,16,17,19). The van der Waals surface area contributed by atoms with E-state index in [0.717, 1.165) is 0 Å². The summed E-state index contributed by atoms with van der Waals surface area (Å²) in [4.78, 5) is 22.5. The van der Waals surface area contributed by atoms with E-state index in [1.807, 2.05) is 6.07 Å². The molecule has 0 aliphatic heterocycles. The zero-order valence-electron chi connectivity index (χ0n) is 12.5. The van der Waals surface area contributed by atoms with Crippen molar-refractivity contribution in [3.05, 3.63) is 52.0 Å². The molecule has 3 rings (SSSR count). The maximum atomic E-state index is 10.8. The molecule has 2 heterocycles. The minimum atomic E-state index is -0.493. The van der Waals surface area contributed by atoms with Crippen LogP contribution in [0.4, 0.5) is 11.5 Å². The Balaban J connectivity index is 1.72. The summed E-state index contributed by atoms with van der Waals surface area (Å²) in [5.74, 6) is 0.938. The molecule has 0 fully saturated rings. The number of thioether (sulfide) groups is 1. The second-order valence-electron chi connectivity index (χ2n) is 4.67. The monoisotopic (exact) mass is 355 g/mol. The number of benzene rings is 1. The van der Waals surface area contributed by atoms with Crippen molar-refractivity contribution >= 4 is 23.3 Å². The van der Waals surface area contributed by atoms with Crippen LogP contribution in [-0.2, 0) is 5.75 Å². The molecular formula is C14H9N7O3S. The smallest absolute Gasteiger partial charge is 0.270 e. The topological polar surface area (TPSA) is 158 Å². The maximum Gasteiger partial charge on any atom is 0.270 e. The number of anilines is 1. The van der Waals surface area contributed by atoms with Crippen LogP contribution in [0.5, 0.6) is 0 Å². The van der Waals surface area contributed by atoms with E-state index in [-0.39, 0.29) is 28.6 Å². The molecule has 0 unspecified atom stereocenters. The number of hydrogen-bond acceptors (Lipinski definition) is 10. The summed E-state index contributed by atoms with van der Waals surface area (Å²) in [6.45, 7) is 0. The Hall–Kier alpha value is -3.52. The van der Waals surface area contributed by atoms with Crippen molar-refractivity contribution in [2.24, 2.45) is 0 Å². The SMILES string of the molecule is N#Cc1cnc(SCc2nc(-c3cccc([N+](=O)[O-])c3)no2)nc1N. The highest BCUT2D eigenvalue weighted by molar-refractivity contribution is 7.98. The fraction of sp³-hybridized carbons (Fsp3) is 0.0714. The van der Waals surface area contributed by atoms with E-state index < -0.39 is 4.92 Å². The average Bonchev–Trinajstić information content (AvgIpc) is 3.09. The van der Waals surface area contributed by atoms with Gasteiger partial charge >= 0.3 is 0 Å². The summed E-state index contributed by atoms with van der Waals surface area (Å²) in [5, 5.41) is 23.8. The molecule has 124 valence electrons. The Morgan fingerprint density at radius 2 is 2.24 bits per heavy atom. The normalized spacial score (nSPS) is 10.4. The molecule has 1 aromatic carbocycles. The van der Waals surface area contributed by atoms with Gasteiger partial charge in [0.2, 0.25) is 11.7 Å². The number of nitro groups is 1. The lowest BCUT2D eigenvalue weighted by atomic mass is 10.2. The van der Waals surface area contributed by atoms with Crippen molar-refractivity contribution in [3.8, 4) is 17.5 Å². The predicted molar refractivity (Wildman–Crippen MR) is 87.1 cm³/mol. The van der Waals surface area contributed by atoms with Gasteiger partial charge in [0.05, 0.1) is 16.9 Å². The second kappa shape index (κ2) is 6.93. The molecule has 11 heteroatoms. The first kappa shape index (κ1) is 16.3. The average molecular weight is 355 g/mol. The van der Waals surface area contributed by atoms with Crippen LogP contribution in [0, 0.1) is 21.4 Å². The zero-order valence-corrected chi connectivity index (χ0v) is 13.3.